The summed E-state index contributed by atoms with van der Waals surface area (Å²) in [7, 11) is -2.41. The zero-order valence-corrected chi connectivity index (χ0v) is 17.9. The number of amides is 1. The number of benzene rings is 2. The third-order valence-corrected chi connectivity index (χ3v) is 6.10. The van der Waals surface area contributed by atoms with E-state index >= 15 is 0 Å². The summed E-state index contributed by atoms with van der Waals surface area (Å²) in [5.74, 6) is 0.122. The lowest BCUT2D eigenvalue weighted by Crippen LogP contribution is -2.38. The number of carbonyl (C=O) groups excluding carboxylic acids is 1. The number of sulfonamides is 1. The molecule has 10 nitrogen and oxygen atoms in total. The van der Waals surface area contributed by atoms with Crippen LogP contribution in [0.2, 0.25) is 0 Å². The van der Waals surface area contributed by atoms with Crippen molar-refractivity contribution in [3.05, 3.63) is 60.2 Å². The van der Waals surface area contributed by atoms with Gasteiger partial charge in [0.1, 0.15) is 5.52 Å². The molecule has 166 valence electrons. The second-order valence-electron chi connectivity index (χ2n) is 6.91. The Balaban J connectivity index is 1.61. The molecular weight excluding hydrogens is 434 g/mol. The number of pyridine rings is 1. The summed E-state index contributed by atoms with van der Waals surface area (Å²) >= 11 is 0. The predicted octanol–water partition coefficient (Wildman–Crippen LogP) is 2.21. The van der Waals surface area contributed by atoms with Gasteiger partial charge >= 0.3 is 6.09 Å². The van der Waals surface area contributed by atoms with E-state index in [2.05, 4.69) is 20.2 Å². The molecule has 2 heterocycles. The van der Waals surface area contributed by atoms with Crippen LogP contribution in [0.25, 0.3) is 21.8 Å². The van der Waals surface area contributed by atoms with Gasteiger partial charge in [0.05, 0.1) is 12.0 Å². The lowest BCUT2D eigenvalue weighted by atomic mass is 10.2. The van der Waals surface area contributed by atoms with E-state index < -0.39 is 16.1 Å². The minimum atomic E-state index is -3.82. The van der Waals surface area contributed by atoms with Crippen LogP contribution in [0.5, 0.6) is 11.8 Å². The average Bonchev–Trinajstić information content (AvgIpc) is 3.15. The lowest BCUT2D eigenvalue weighted by molar-refractivity contribution is 0.209. The monoisotopic (exact) mass is 455 g/mol. The molecule has 2 aromatic carbocycles. The summed E-state index contributed by atoms with van der Waals surface area (Å²) in [6, 6.07) is 16.0. The van der Waals surface area contributed by atoms with Crippen molar-refractivity contribution in [2.45, 2.75) is 11.3 Å². The molecule has 0 saturated carbocycles. The number of hydrogen-bond acceptors (Lipinski definition) is 7. The number of hydrogen-bond donors (Lipinski definition) is 4. The molecule has 0 unspecified atom stereocenters. The van der Waals surface area contributed by atoms with E-state index in [4.69, 9.17) is 15.2 Å². The fraction of sp³-hybridized carbons (Fsp3) is 0.143. The van der Waals surface area contributed by atoms with Gasteiger partial charge in [-0.25, -0.2) is 18.6 Å². The zero-order valence-electron chi connectivity index (χ0n) is 17.1. The van der Waals surface area contributed by atoms with Crippen LogP contribution < -0.4 is 25.5 Å². The van der Waals surface area contributed by atoms with Crippen LogP contribution in [0.1, 0.15) is 5.56 Å². The Bertz CT molecular complexity index is 1390. The molecule has 0 atom stereocenters. The van der Waals surface area contributed by atoms with Crippen molar-refractivity contribution in [1.29, 1.82) is 0 Å². The number of fused-ring (bicyclic) bond motifs is 3. The number of primary amides is 1. The Morgan fingerprint density at radius 2 is 1.91 bits per heavy atom. The first-order chi connectivity index (χ1) is 15.4. The largest absolute Gasteiger partial charge is 0.481 e. The molecule has 5 N–H and O–H groups in total. The van der Waals surface area contributed by atoms with Gasteiger partial charge in [-0.1, -0.05) is 30.3 Å². The van der Waals surface area contributed by atoms with E-state index in [1.165, 1.54) is 19.2 Å². The van der Waals surface area contributed by atoms with Gasteiger partial charge in [-0.2, -0.15) is 4.98 Å². The summed E-state index contributed by atoms with van der Waals surface area (Å²) in [4.78, 5) is 20.9. The summed E-state index contributed by atoms with van der Waals surface area (Å²) in [6.07, 6.45) is -0.361. The van der Waals surface area contributed by atoms with Crippen molar-refractivity contribution in [2.75, 3.05) is 13.7 Å². The van der Waals surface area contributed by atoms with E-state index in [0.717, 1.165) is 5.56 Å². The summed E-state index contributed by atoms with van der Waals surface area (Å²) in [5.41, 5.74) is 9.99. The van der Waals surface area contributed by atoms with E-state index in [1.54, 1.807) is 12.1 Å². The van der Waals surface area contributed by atoms with Gasteiger partial charge in [0.15, 0.2) is 0 Å². The fourth-order valence-electron chi connectivity index (χ4n) is 3.32. The molecule has 0 radical (unpaired) electrons. The van der Waals surface area contributed by atoms with E-state index in [0.29, 0.717) is 34.8 Å². The van der Waals surface area contributed by atoms with Crippen molar-refractivity contribution in [3.8, 4) is 11.8 Å². The number of ether oxygens (including phenoxy) is 2. The van der Waals surface area contributed by atoms with Gasteiger partial charge in [-0.15, -0.1) is 4.83 Å². The second-order valence-corrected chi connectivity index (χ2v) is 8.60. The number of nitrogens with zero attached hydrogens (tertiary/aromatic N) is 1. The van der Waals surface area contributed by atoms with Gasteiger partial charge in [-0.05, 0) is 30.2 Å². The van der Waals surface area contributed by atoms with Crippen molar-refractivity contribution in [3.63, 3.8) is 0 Å². The molecule has 0 saturated heterocycles. The highest BCUT2D eigenvalue weighted by Crippen LogP contribution is 2.34. The van der Waals surface area contributed by atoms with Crippen molar-refractivity contribution in [2.24, 2.45) is 5.73 Å². The molecule has 32 heavy (non-hydrogen) atoms. The second kappa shape index (κ2) is 8.83. The van der Waals surface area contributed by atoms with Crippen molar-refractivity contribution >= 4 is 37.9 Å². The molecule has 1 amide bonds. The summed E-state index contributed by atoms with van der Waals surface area (Å²) < 4.78 is 35.7. The van der Waals surface area contributed by atoms with Crippen LogP contribution in [-0.2, 0) is 16.4 Å². The highest BCUT2D eigenvalue weighted by molar-refractivity contribution is 7.89. The normalized spacial score (nSPS) is 11.7. The van der Waals surface area contributed by atoms with Crippen molar-refractivity contribution in [1.82, 2.24) is 20.2 Å². The summed E-state index contributed by atoms with van der Waals surface area (Å²) in [5, 5.41) is 1.15. The number of nitrogens with one attached hydrogen (secondary N) is 3. The Hall–Kier alpha value is -3.67. The average molecular weight is 455 g/mol. The molecule has 4 aromatic rings. The molecule has 0 spiro atoms. The Labute approximate surface area is 183 Å². The third-order valence-electron chi connectivity index (χ3n) is 4.81. The van der Waals surface area contributed by atoms with Gasteiger partial charge in [0.25, 0.3) is 15.9 Å². The number of methoxy groups -OCH3 is 1. The fourth-order valence-corrected chi connectivity index (χ4v) is 4.25. The molecule has 11 heteroatoms. The molecule has 4 rings (SSSR count). The topological polar surface area (TPSA) is 148 Å². The maximum atomic E-state index is 12.8. The first-order valence-electron chi connectivity index (χ1n) is 9.64. The SMILES string of the molecule is COc1cc2c([nH]c3ccc(S(=O)(=O)NNCCc4ccccc4)cc32)c(OC(N)=O)n1. The van der Waals surface area contributed by atoms with E-state index in [9.17, 15) is 13.2 Å². The number of aromatic amines is 1. The van der Waals surface area contributed by atoms with Crippen LogP contribution in [0.15, 0.2) is 59.5 Å². The highest BCUT2D eigenvalue weighted by atomic mass is 32.2. The number of H-pyrrole nitrogens is 1. The standard InChI is InChI=1S/C21H21N5O5S/c1-30-18-12-16-15-11-14(7-8-17(15)24-19(16)20(25-18)31-21(22)27)32(28,29)26-23-10-9-13-5-3-2-4-6-13/h2-8,11-12,23-24,26H,9-10H2,1H3,(H2,22,27). The number of nitrogens with two attached hydrogens (primary N) is 1. The van der Waals surface area contributed by atoms with Crippen LogP contribution in [0.4, 0.5) is 4.79 Å². The van der Waals surface area contributed by atoms with Crippen LogP contribution >= 0.6 is 0 Å². The minimum absolute atomic E-state index is 0.0614. The minimum Gasteiger partial charge on any atom is -0.481 e. The Kier molecular flexibility index (Phi) is 5.95. The highest BCUT2D eigenvalue weighted by Gasteiger charge is 2.19. The molecule has 0 aliphatic heterocycles. The summed E-state index contributed by atoms with van der Waals surface area (Å²) in [6.45, 7) is 0.426. The van der Waals surface area contributed by atoms with Gasteiger partial charge in [0.2, 0.25) is 5.88 Å². The van der Waals surface area contributed by atoms with Gasteiger partial charge in [0, 0.05) is 28.9 Å². The van der Waals surface area contributed by atoms with Crippen LogP contribution in [-0.4, -0.2) is 38.1 Å². The molecule has 0 aliphatic rings. The number of hydrazine groups is 1. The zero-order chi connectivity index (χ0) is 22.7. The first-order valence-corrected chi connectivity index (χ1v) is 11.1. The van der Waals surface area contributed by atoms with Crippen LogP contribution in [0, 0.1) is 0 Å². The molecule has 0 fully saturated rings. The number of aromatic nitrogens is 2. The van der Waals surface area contributed by atoms with E-state index in [-0.39, 0.29) is 16.7 Å². The molecule has 0 aliphatic carbocycles. The molecular formula is C21H21N5O5S. The third kappa shape index (κ3) is 4.49. The Morgan fingerprint density at radius 1 is 1.12 bits per heavy atom. The van der Waals surface area contributed by atoms with Crippen molar-refractivity contribution < 1.29 is 22.7 Å². The maximum absolute atomic E-state index is 12.8. The molecule has 0 bridgehead atoms. The van der Waals surface area contributed by atoms with Gasteiger partial charge in [-0.3, -0.25) is 0 Å². The van der Waals surface area contributed by atoms with E-state index in [1.807, 2.05) is 30.3 Å². The quantitative estimate of drug-likeness (QED) is 0.235. The first kappa shape index (κ1) is 21.6. The smallest absolute Gasteiger partial charge is 0.411 e. The lowest BCUT2D eigenvalue weighted by Gasteiger charge is -2.09. The molecule has 2 aromatic heterocycles. The number of carbonyl (C=O) groups is 1. The van der Waals surface area contributed by atoms with Gasteiger partial charge < -0.3 is 20.2 Å². The maximum Gasteiger partial charge on any atom is 0.411 e. The Morgan fingerprint density at radius 3 is 2.62 bits per heavy atom. The van der Waals surface area contributed by atoms with Crippen LogP contribution in [0.3, 0.4) is 0 Å². The predicted molar refractivity (Wildman–Crippen MR) is 119 cm³/mol. The number of rotatable bonds is 8.